The molecule has 2 aliphatic rings. The fraction of sp³-hybridized carbons (Fsp3) is 0.222. The Balaban J connectivity index is 1.74. The lowest BCUT2D eigenvalue weighted by molar-refractivity contribution is 0.297. The first-order valence-electron chi connectivity index (χ1n) is 8.47. The van der Waals surface area contributed by atoms with Crippen molar-refractivity contribution in [2.75, 3.05) is 18.5 Å². The summed E-state index contributed by atoms with van der Waals surface area (Å²) in [5, 5.41) is 2.95. The number of nitrogens with zero attached hydrogens (tertiary/aromatic N) is 3. The predicted octanol–water partition coefficient (Wildman–Crippen LogP) is 3.39. The number of nitrogens with two attached hydrogens (primary N) is 1. The fourth-order valence-corrected chi connectivity index (χ4v) is 3.72. The van der Waals surface area contributed by atoms with Crippen molar-refractivity contribution in [1.82, 2.24) is 9.55 Å². The average molecular weight is 432 g/mol. The Morgan fingerprint density at radius 1 is 1.19 bits per heavy atom. The lowest BCUT2D eigenvalue weighted by atomic mass is 10.1. The summed E-state index contributed by atoms with van der Waals surface area (Å²) in [6.07, 6.45) is 0.125. The number of aromatic nitrogens is 2. The third-order valence-electron chi connectivity index (χ3n) is 4.54. The zero-order valence-electron chi connectivity index (χ0n) is 14.1. The van der Waals surface area contributed by atoms with Crippen molar-refractivity contribution in [2.24, 2.45) is 10.7 Å². The highest BCUT2D eigenvalue weighted by Gasteiger charge is 2.28. The van der Waals surface area contributed by atoms with Gasteiger partial charge in [0.05, 0.1) is 24.2 Å². The monoisotopic (exact) mass is 431 g/mol. The molecular weight excluding hydrogens is 417 g/mol. The molecule has 0 bridgehead atoms. The Labute approximate surface area is 162 Å². The summed E-state index contributed by atoms with van der Waals surface area (Å²) >= 11 is 3.39. The van der Waals surface area contributed by atoms with Gasteiger partial charge in [0, 0.05) is 28.6 Å². The number of imidazole rings is 1. The molecule has 0 saturated heterocycles. The molecule has 1 atom stereocenters. The molecule has 3 heterocycles. The van der Waals surface area contributed by atoms with Crippen LogP contribution in [0.3, 0.4) is 0 Å². The molecule has 1 aromatic heterocycles. The Hall–Kier alpha value is -2.81. The molecule has 9 heteroatoms. The largest absolute Gasteiger partial charge is 0.489 e. The zero-order valence-corrected chi connectivity index (χ0v) is 15.7. The van der Waals surface area contributed by atoms with Crippen molar-refractivity contribution >= 4 is 38.9 Å². The molecule has 3 aromatic rings. The Morgan fingerprint density at radius 3 is 2.78 bits per heavy atom. The van der Waals surface area contributed by atoms with E-state index in [2.05, 4.69) is 31.2 Å². The summed E-state index contributed by atoms with van der Waals surface area (Å²) in [7, 11) is 0. The van der Waals surface area contributed by atoms with Gasteiger partial charge in [-0.3, -0.25) is 9.88 Å². The van der Waals surface area contributed by atoms with Gasteiger partial charge in [0.1, 0.15) is 5.82 Å². The Kier molecular flexibility index (Phi) is 3.71. The number of guanidine groups is 1. The van der Waals surface area contributed by atoms with E-state index in [0.29, 0.717) is 41.7 Å². The molecule has 0 saturated carbocycles. The van der Waals surface area contributed by atoms with Crippen molar-refractivity contribution in [3.63, 3.8) is 0 Å². The second-order valence-electron chi connectivity index (χ2n) is 6.32. The molecule has 5 rings (SSSR count). The van der Waals surface area contributed by atoms with Crippen LogP contribution in [-0.2, 0) is 0 Å². The third kappa shape index (κ3) is 2.69. The van der Waals surface area contributed by atoms with Gasteiger partial charge in [0.25, 0.3) is 0 Å². The standard InChI is InChI=1S/C18H15BrFN5O2/c19-9-2-3-11(20)10(6-9)16-23-17(21)24-18-22-12-7-14-15(8-13(12)25(16)18)27-5-1-4-26-14/h2-3,6-8,16H,1,4-5H2,(H3,21,22,23,24)/t16-/m1/s1. The molecule has 27 heavy (non-hydrogen) atoms. The SMILES string of the molecule is NC1=N[C@@H](c2cc(Br)ccc2F)n2c(nc3cc4c(cc32)OCCCO4)N1. The highest BCUT2D eigenvalue weighted by Crippen LogP contribution is 2.39. The number of anilines is 1. The van der Waals surface area contributed by atoms with Crippen LogP contribution in [0.1, 0.15) is 18.2 Å². The molecule has 3 N–H and O–H groups in total. The van der Waals surface area contributed by atoms with Crippen LogP contribution < -0.4 is 20.5 Å². The van der Waals surface area contributed by atoms with E-state index in [0.717, 1.165) is 16.4 Å². The van der Waals surface area contributed by atoms with E-state index in [-0.39, 0.29) is 11.8 Å². The van der Waals surface area contributed by atoms with Crippen molar-refractivity contribution in [3.05, 3.63) is 46.2 Å². The second-order valence-corrected chi connectivity index (χ2v) is 7.24. The van der Waals surface area contributed by atoms with E-state index >= 15 is 0 Å². The van der Waals surface area contributed by atoms with Gasteiger partial charge in [0.15, 0.2) is 23.6 Å². The minimum atomic E-state index is -0.687. The van der Waals surface area contributed by atoms with Gasteiger partial charge in [-0.2, -0.15) is 0 Å². The number of hydrogen-bond donors (Lipinski definition) is 2. The minimum absolute atomic E-state index is 0.177. The summed E-state index contributed by atoms with van der Waals surface area (Å²) in [4.78, 5) is 9.01. The Bertz CT molecular complexity index is 1100. The maximum atomic E-state index is 14.6. The van der Waals surface area contributed by atoms with Crippen LogP contribution in [-0.4, -0.2) is 28.7 Å². The number of fused-ring (bicyclic) bond motifs is 4. The van der Waals surface area contributed by atoms with Crippen LogP contribution in [0.4, 0.5) is 10.3 Å². The van der Waals surface area contributed by atoms with E-state index in [1.165, 1.54) is 6.07 Å². The number of hydrogen-bond acceptors (Lipinski definition) is 6. The summed E-state index contributed by atoms with van der Waals surface area (Å²) in [5.74, 6) is 1.58. The highest BCUT2D eigenvalue weighted by atomic mass is 79.9. The van der Waals surface area contributed by atoms with Crippen LogP contribution >= 0.6 is 15.9 Å². The first kappa shape index (κ1) is 16.4. The number of benzene rings is 2. The van der Waals surface area contributed by atoms with E-state index in [1.54, 1.807) is 12.1 Å². The van der Waals surface area contributed by atoms with E-state index in [9.17, 15) is 4.39 Å². The van der Waals surface area contributed by atoms with Gasteiger partial charge in [-0.25, -0.2) is 14.4 Å². The van der Waals surface area contributed by atoms with Gasteiger partial charge in [-0.05, 0) is 18.2 Å². The first-order valence-corrected chi connectivity index (χ1v) is 9.26. The van der Waals surface area contributed by atoms with Gasteiger partial charge in [-0.1, -0.05) is 15.9 Å². The van der Waals surface area contributed by atoms with E-state index in [1.807, 2.05) is 16.7 Å². The number of nitrogens with one attached hydrogen (secondary N) is 1. The van der Waals surface area contributed by atoms with Gasteiger partial charge >= 0.3 is 0 Å². The van der Waals surface area contributed by atoms with Crippen LogP contribution in [0.15, 0.2) is 39.8 Å². The van der Waals surface area contributed by atoms with Gasteiger partial charge in [0.2, 0.25) is 5.95 Å². The topological polar surface area (TPSA) is 86.7 Å². The third-order valence-corrected chi connectivity index (χ3v) is 5.03. The number of rotatable bonds is 1. The number of aliphatic imine (C=N–C) groups is 1. The molecule has 0 amide bonds. The molecule has 2 aromatic carbocycles. The molecule has 0 unspecified atom stereocenters. The van der Waals surface area contributed by atoms with Gasteiger partial charge < -0.3 is 15.2 Å². The molecule has 0 aliphatic carbocycles. The van der Waals surface area contributed by atoms with Gasteiger partial charge in [-0.15, -0.1) is 0 Å². The van der Waals surface area contributed by atoms with E-state index in [4.69, 9.17) is 15.2 Å². The summed E-state index contributed by atoms with van der Waals surface area (Å²) < 4.78 is 28.7. The quantitative estimate of drug-likeness (QED) is 0.616. The normalized spacial score (nSPS) is 18.4. The lowest BCUT2D eigenvalue weighted by Crippen LogP contribution is -2.31. The van der Waals surface area contributed by atoms with Crippen molar-refractivity contribution in [3.8, 4) is 11.5 Å². The Morgan fingerprint density at radius 2 is 1.96 bits per heavy atom. The average Bonchev–Trinajstić information content (AvgIpc) is 2.82. The van der Waals surface area contributed by atoms with Crippen molar-refractivity contribution < 1.29 is 13.9 Å². The smallest absolute Gasteiger partial charge is 0.212 e. The minimum Gasteiger partial charge on any atom is -0.489 e. The molecule has 0 fully saturated rings. The fourth-order valence-electron chi connectivity index (χ4n) is 3.34. The molecule has 7 nitrogen and oxygen atoms in total. The number of ether oxygens (including phenoxy) is 2. The van der Waals surface area contributed by atoms with Crippen LogP contribution in [0, 0.1) is 5.82 Å². The molecular formula is C18H15BrFN5O2. The summed E-state index contributed by atoms with van der Waals surface area (Å²) in [6, 6.07) is 8.42. The van der Waals surface area contributed by atoms with Crippen LogP contribution in [0.5, 0.6) is 11.5 Å². The molecule has 0 radical (unpaired) electrons. The summed E-state index contributed by atoms with van der Waals surface area (Å²) in [5.41, 5.74) is 7.76. The first-order chi connectivity index (χ1) is 13.1. The summed E-state index contributed by atoms with van der Waals surface area (Å²) in [6.45, 7) is 1.17. The van der Waals surface area contributed by atoms with Crippen molar-refractivity contribution in [2.45, 2.75) is 12.6 Å². The molecule has 138 valence electrons. The van der Waals surface area contributed by atoms with Crippen molar-refractivity contribution in [1.29, 1.82) is 0 Å². The zero-order chi connectivity index (χ0) is 18.5. The van der Waals surface area contributed by atoms with E-state index < -0.39 is 6.17 Å². The molecule has 0 spiro atoms. The second kappa shape index (κ2) is 6.12. The maximum Gasteiger partial charge on any atom is 0.212 e. The number of halogens is 2. The lowest BCUT2D eigenvalue weighted by Gasteiger charge is -2.24. The highest BCUT2D eigenvalue weighted by molar-refractivity contribution is 9.10. The van der Waals surface area contributed by atoms with Crippen LogP contribution in [0.25, 0.3) is 11.0 Å². The predicted molar refractivity (Wildman–Crippen MR) is 103 cm³/mol. The van der Waals surface area contributed by atoms with Crippen LogP contribution in [0.2, 0.25) is 0 Å². The maximum absolute atomic E-state index is 14.6. The molecule has 2 aliphatic heterocycles.